The Labute approximate surface area is 96.9 Å². The van der Waals surface area contributed by atoms with Gasteiger partial charge in [0.2, 0.25) is 0 Å². The number of aromatic nitrogens is 2. The number of aromatic amines is 1. The van der Waals surface area contributed by atoms with Gasteiger partial charge >= 0.3 is 5.69 Å². The highest BCUT2D eigenvalue weighted by molar-refractivity contribution is 5.06. The molecule has 6 heteroatoms. The number of aliphatic hydroxyl groups excluding tert-OH is 1. The van der Waals surface area contributed by atoms with Crippen LogP contribution in [0.2, 0.25) is 0 Å². The minimum Gasteiger partial charge on any atom is -0.394 e. The molecule has 0 spiro atoms. The van der Waals surface area contributed by atoms with Gasteiger partial charge in [-0.25, -0.2) is 4.79 Å². The number of nitrogens with zero attached hydrogens (tertiary/aromatic N) is 1. The molecule has 1 saturated carbocycles. The minimum absolute atomic E-state index is 0.0191. The summed E-state index contributed by atoms with van der Waals surface area (Å²) in [5.74, 6) is 0.638. The van der Waals surface area contributed by atoms with E-state index in [1.54, 1.807) is 6.92 Å². The van der Waals surface area contributed by atoms with Crippen LogP contribution >= 0.6 is 0 Å². The maximum Gasteiger partial charge on any atom is 0.330 e. The van der Waals surface area contributed by atoms with Crippen LogP contribution in [0.1, 0.15) is 18.2 Å². The van der Waals surface area contributed by atoms with E-state index in [2.05, 4.69) is 4.98 Å². The molecule has 6 nitrogen and oxygen atoms in total. The maximum atomic E-state index is 11.7. The van der Waals surface area contributed by atoms with E-state index in [4.69, 9.17) is 9.84 Å². The highest BCUT2D eigenvalue weighted by atomic mass is 16.5. The number of aliphatic hydroxyl groups is 1. The largest absolute Gasteiger partial charge is 0.394 e. The highest BCUT2D eigenvalue weighted by Crippen LogP contribution is 2.56. The number of nitrogens with one attached hydrogen (secondary N) is 1. The van der Waals surface area contributed by atoms with Gasteiger partial charge in [-0.2, -0.15) is 0 Å². The van der Waals surface area contributed by atoms with Crippen molar-refractivity contribution >= 4 is 0 Å². The zero-order chi connectivity index (χ0) is 12.2. The number of fused-ring (bicyclic) bond motifs is 1. The quantitative estimate of drug-likeness (QED) is 0.718. The fourth-order valence-electron chi connectivity index (χ4n) is 2.60. The van der Waals surface area contributed by atoms with Crippen molar-refractivity contribution in [1.29, 1.82) is 0 Å². The van der Waals surface area contributed by atoms with Crippen LogP contribution in [0.5, 0.6) is 0 Å². The molecule has 1 saturated heterocycles. The second-order valence-corrected chi connectivity index (χ2v) is 4.79. The van der Waals surface area contributed by atoms with Crippen LogP contribution in [0.4, 0.5) is 0 Å². The Balaban J connectivity index is 1.98. The Morgan fingerprint density at radius 1 is 1.53 bits per heavy atom. The molecular weight excluding hydrogens is 224 g/mol. The zero-order valence-corrected chi connectivity index (χ0v) is 9.42. The molecule has 2 unspecified atom stereocenters. The van der Waals surface area contributed by atoms with Crippen molar-refractivity contribution in [2.75, 3.05) is 6.61 Å². The third kappa shape index (κ3) is 1.56. The normalized spacial score (nSPS) is 34.7. The summed E-state index contributed by atoms with van der Waals surface area (Å²) in [6, 6.07) is 0. The highest BCUT2D eigenvalue weighted by Gasteiger charge is 2.56. The van der Waals surface area contributed by atoms with Crippen molar-refractivity contribution in [1.82, 2.24) is 9.55 Å². The lowest BCUT2D eigenvalue weighted by Crippen LogP contribution is -2.34. The molecular formula is C11H14N2O4. The van der Waals surface area contributed by atoms with E-state index in [0.717, 1.165) is 6.42 Å². The average molecular weight is 238 g/mol. The van der Waals surface area contributed by atoms with Gasteiger partial charge in [-0.1, -0.05) is 0 Å². The van der Waals surface area contributed by atoms with Crippen LogP contribution in [0.25, 0.3) is 0 Å². The van der Waals surface area contributed by atoms with Crippen LogP contribution < -0.4 is 11.2 Å². The SMILES string of the molecule is Cc1cn([C@@H]2O[C@H](CO)C3CC32)c(=O)[nH]c1=O. The third-order valence-electron chi connectivity index (χ3n) is 3.65. The van der Waals surface area contributed by atoms with Crippen molar-refractivity contribution in [2.24, 2.45) is 11.8 Å². The number of hydrogen-bond donors (Lipinski definition) is 2. The van der Waals surface area contributed by atoms with E-state index >= 15 is 0 Å². The first-order valence-corrected chi connectivity index (χ1v) is 5.70. The molecule has 2 heterocycles. The molecule has 2 fully saturated rings. The smallest absolute Gasteiger partial charge is 0.330 e. The molecule has 1 aromatic heterocycles. The average Bonchev–Trinajstić information content (AvgIpc) is 3.00. The monoisotopic (exact) mass is 238 g/mol. The van der Waals surface area contributed by atoms with Gasteiger partial charge in [0.1, 0.15) is 6.23 Å². The molecule has 0 bridgehead atoms. The molecule has 92 valence electrons. The van der Waals surface area contributed by atoms with Crippen LogP contribution in [0.3, 0.4) is 0 Å². The van der Waals surface area contributed by atoms with Crippen molar-refractivity contribution in [3.63, 3.8) is 0 Å². The van der Waals surface area contributed by atoms with E-state index in [9.17, 15) is 9.59 Å². The van der Waals surface area contributed by atoms with Gasteiger partial charge in [-0.3, -0.25) is 14.3 Å². The maximum absolute atomic E-state index is 11.7. The molecule has 1 aromatic rings. The van der Waals surface area contributed by atoms with Gasteiger partial charge in [0.05, 0.1) is 12.7 Å². The Morgan fingerprint density at radius 3 is 2.94 bits per heavy atom. The number of aryl methyl sites for hydroxylation is 1. The van der Waals surface area contributed by atoms with Crippen LogP contribution in [-0.4, -0.2) is 27.4 Å². The fraction of sp³-hybridized carbons (Fsp3) is 0.636. The molecule has 3 rings (SSSR count). The first-order valence-electron chi connectivity index (χ1n) is 5.70. The summed E-state index contributed by atoms with van der Waals surface area (Å²) in [5, 5.41) is 9.13. The number of hydrogen-bond acceptors (Lipinski definition) is 4. The predicted molar refractivity (Wildman–Crippen MR) is 58.7 cm³/mol. The lowest BCUT2D eigenvalue weighted by atomic mass is 10.2. The molecule has 0 aromatic carbocycles. The molecule has 0 radical (unpaired) electrons. The molecule has 17 heavy (non-hydrogen) atoms. The topological polar surface area (TPSA) is 84.3 Å². The summed E-state index contributed by atoms with van der Waals surface area (Å²) in [5.41, 5.74) is -0.331. The second kappa shape index (κ2) is 3.54. The van der Waals surface area contributed by atoms with Crippen molar-refractivity contribution < 1.29 is 9.84 Å². The van der Waals surface area contributed by atoms with Crippen molar-refractivity contribution in [3.8, 4) is 0 Å². The van der Waals surface area contributed by atoms with Gasteiger partial charge < -0.3 is 9.84 Å². The van der Waals surface area contributed by atoms with E-state index in [-0.39, 0.29) is 30.4 Å². The van der Waals surface area contributed by atoms with Gasteiger partial charge in [-0.15, -0.1) is 0 Å². The Morgan fingerprint density at radius 2 is 2.29 bits per heavy atom. The Kier molecular flexibility index (Phi) is 2.24. The van der Waals surface area contributed by atoms with E-state index in [1.807, 2.05) is 0 Å². The molecule has 0 amide bonds. The Hall–Kier alpha value is -1.40. The third-order valence-corrected chi connectivity index (χ3v) is 3.65. The van der Waals surface area contributed by atoms with Crippen LogP contribution in [0, 0.1) is 18.8 Å². The molecule has 1 aliphatic heterocycles. The predicted octanol–water partition coefficient (Wildman–Crippen LogP) is -0.629. The first-order chi connectivity index (χ1) is 8.11. The number of H-pyrrole nitrogens is 1. The standard InChI is InChI=1S/C11H14N2O4/c1-5-3-13(11(16)12-9(5)15)10-7-2-6(7)8(4-14)17-10/h3,6-8,10,14H,2,4H2,1H3,(H,12,15,16)/t6?,7?,8-,10-/m1/s1. The second-order valence-electron chi connectivity index (χ2n) is 4.79. The summed E-state index contributed by atoms with van der Waals surface area (Å²) >= 11 is 0. The number of rotatable bonds is 2. The van der Waals surface area contributed by atoms with Gasteiger partial charge in [0, 0.05) is 17.7 Å². The minimum atomic E-state index is -0.449. The summed E-state index contributed by atoms with van der Waals surface area (Å²) in [6.45, 7) is 1.63. The molecule has 2 aliphatic rings. The van der Waals surface area contributed by atoms with E-state index in [1.165, 1.54) is 10.8 Å². The van der Waals surface area contributed by atoms with E-state index < -0.39 is 5.69 Å². The summed E-state index contributed by atoms with van der Waals surface area (Å²) < 4.78 is 7.05. The van der Waals surface area contributed by atoms with Crippen LogP contribution in [0.15, 0.2) is 15.8 Å². The van der Waals surface area contributed by atoms with Crippen molar-refractivity contribution in [3.05, 3.63) is 32.6 Å². The summed E-state index contributed by atoms with van der Waals surface area (Å²) in [4.78, 5) is 25.2. The zero-order valence-electron chi connectivity index (χ0n) is 9.42. The van der Waals surface area contributed by atoms with Crippen LogP contribution in [-0.2, 0) is 4.74 Å². The van der Waals surface area contributed by atoms with E-state index in [0.29, 0.717) is 11.5 Å². The van der Waals surface area contributed by atoms with Crippen molar-refractivity contribution in [2.45, 2.75) is 25.7 Å². The number of ether oxygens (including phenoxy) is 1. The summed E-state index contributed by atoms with van der Waals surface area (Å²) in [6.07, 6.45) is 1.98. The van der Waals surface area contributed by atoms with Gasteiger partial charge in [0.15, 0.2) is 0 Å². The van der Waals surface area contributed by atoms with Gasteiger partial charge in [0.25, 0.3) is 5.56 Å². The Bertz CT molecular complexity index is 561. The molecule has 4 atom stereocenters. The lowest BCUT2D eigenvalue weighted by Gasteiger charge is -2.18. The molecule has 2 N–H and O–H groups in total. The fourth-order valence-corrected chi connectivity index (χ4v) is 2.60. The first kappa shape index (κ1) is 10.7. The van der Waals surface area contributed by atoms with Gasteiger partial charge in [-0.05, 0) is 19.3 Å². The lowest BCUT2D eigenvalue weighted by molar-refractivity contribution is -0.0517. The molecule has 1 aliphatic carbocycles. The summed E-state index contributed by atoms with van der Waals surface area (Å²) in [7, 11) is 0.